The van der Waals surface area contributed by atoms with E-state index < -0.39 is 10.2 Å². The molecule has 0 N–H and O–H groups in total. The monoisotopic (exact) mass is 233 g/mol. The van der Waals surface area contributed by atoms with E-state index in [4.69, 9.17) is 23.2 Å². The van der Waals surface area contributed by atoms with Crippen molar-refractivity contribution in [1.29, 1.82) is 0 Å². The SMILES string of the molecule is Cc1cc(Cl)c(C(=O)Cl)cc1[N+](=O)[O-]. The van der Waals surface area contributed by atoms with Crippen LogP contribution in [0.2, 0.25) is 5.02 Å². The van der Waals surface area contributed by atoms with Gasteiger partial charge in [-0.1, -0.05) is 11.6 Å². The molecular formula is C8H5Cl2NO3. The minimum atomic E-state index is -0.807. The van der Waals surface area contributed by atoms with Crippen molar-refractivity contribution in [2.24, 2.45) is 0 Å². The van der Waals surface area contributed by atoms with Gasteiger partial charge in [0, 0.05) is 11.6 Å². The molecule has 4 nitrogen and oxygen atoms in total. The first-order chi connectivity index (χ1) is 6.43. The van der Waals surface area contributed by atoms with Gasteiger partial charge in [-0.2, -0.15) is 0 Å². The van der Waals surface area contributed by atoms with E-state index >= 15 is 0 Å². The summed E-state index contributed by atoms with van der Waals surface area (Å²) in [5.74, 6) is 0. The van der Waals surface area contributed by atoms with Crippen molar-refractivity contribution in [1.82, 2.24) is 0 Å². The summed E-state index contributed by atoms with van der Waals surface area (Å²) in [6, 6.07) is 2.42. The zero-order chi connectivity index (χ0) is 10.9. The predicted molar refractivity (Wildman–Crippen MR) is 53.0 cm³/mol. The van der Waals surface area contributed by atoms with Gasteiger partial charge >= 0.3 is 0 Å². The number of carbonyl (C=O) groups is 1. The van der Waals surface area contributed by atoms with Gasteiger partial charge in [0.25, 0.3) is 10.9 Å². The van der Waals surface area contributed by atoms with E-state index in [1.54, 1.807) is 0 Å². The lowest BCUT2D eigenvalue weighted by Crippen LogP contribution is -1.97. The topological polar surface area (TPSA) is 60.2 Å². The van der Waals surface area contributed by atoms with Gasteiger partial charge in [-0.15, -0.1) is 0 Å². The molecular weight excluding hydrogens is 229 g/mol. The van der Waals surface area contributed by atoms with E-state index in [2.05, 4.69) is 0 Å². The molecule has 14 heavy (non-hydrogen) atoms. The third kappa shape index (κ3) is 2.02. The number of aryl methyl sites for hydroxylation is 1. The number of carbonyl (C=O) groups excluding carboxylic acids is 1. The third-order valence-corrected chi connectivity index (χ3v) is 2.21. The molecule has 0 aliphatic rings. The highest BCUT2D eigenvalue weighted by molar-refractivity contribution is 6.68. The Morgan fingerprint density at radius 1 is 1.50 bits per heavy atom. The van der Waals surface area contributed by atoms with Gasteiger partial charge in [-0.3, -0.25) is 14.9 Å². The number of benzene rings is 1. The summed E-state index contributed by atoms with van der Waals surface area (Å²) in [5.41, 5.74) is 0.172. The van der Waals surface area contributed by atoms with Gasteiger partial charge in [0.15, 0.2) is 0 Å². The van der Waals surface area contributed by atoms with Crippen LogP contribution >= 0.6 is 23.2 Å². The Bertz CT molecular complexity index is 382. The molecule has 0 aliphatic carbocycles. The summed E-state index contributed by atoms with van der Waals surface area (Å²) < 4.78 is 0. The Balaban J connectivity index is 3.42. The van der Waals surface area contributed by atoms with Gasteiger partial charge in [-0.25, -0.2) is 0 Å². The molecule has 6 heteroatoms. The third-order valence-electron chi connectivity index (χ3n) is 1.69. The number of rotatable bonds is 2. The number of nitro benzene ring substituents is 1. The van der Waals surface area contributed by atoms with Crippen molar-refractivity contribution in [3.63, 3.8) is 0 Å². The maximum atomic E-state index is 10.8. The van der Waals surface area contributed by atoms with Crippen molar-refractivity contribution >= 4 is 34.1 Å². The summed E-state index contributed by atoms with van der Waals surface area (Å²) in [4.78, 5) is 20.7. The second kappa shape index (κ2) is 3.94. The molecule has 0 aliphatic heterocycles. The average Bonchev–Trinajstić information content (AvgIpc) is 2.02. The van der Waals surface area contributed by atoms with Crippen LogP contribution in [0.25, 0.3) is 0 Å². The number of hydrogen-bond acceptors (Lipinski definition) is 3. The molecule has 1 aromatic rings. The van der Waals surface area contributed by atoms with Crippen LogP contribution in [0.15, 0.2) is 12.1 Å². The van der Waals surface area contributed by atoms with Gasteiger partial charge in [0.05, 0.1) is 15.5 Å². The van der Waals surface area contributed by atoms with Crippen LogP contribution in [0.5, 0.6) is 0 Å². The van der Waals surface area contributed by atoms with E-state index in [0.29, 0.717) is 5.56 Å². The van der Waals surface area contributed by atoms with Crippen molar-refractivity contribution in [3.05, 3.63) is 38.4 Å². The highest BCUT2D eigenvalue weighted by Gasteiger charge is 2.17. The highest BCUT2D eigenvalue weighted by atomic mass is 35.5. The minimum absolute atomic E-state index is 0.0503. The van der Waals surface area contributed by atoms with Crippen LogP contribution in [-0.4, -0.2) is 10.2 Å². The fraction of sp³-hybridized carbons (Fsp3) is 0.125. The molecule has 0 radical (unpaired) electrons. The lowest BCUT2D eigenvalue weighted by molar-refractivity contribution is -0.385. The first-order valence-electron chi connectivity index (χ1n) is 3.58. The smallest absolute Gasteiger partial charge is 0.273 e. The molecule has 0 saturated carbocycles. The second-order valence-corrected chi connectivity index (χ2v) is 3.40. The van der Waals surface area contributed by atoms with Crippen molar-refractivity contribution in [3.8, 4) is 0 Å². The summed E-state index contributed by atoms with van der Waals surface area (Å²) in [6.45, 7) is 1.53. The van der Waals surface area contributed by atoms with Crippen LogP contribution in [0, 0.1) is 17.0 Å². The van der Waals surface area contributed by atoms with E-state index in [-0.39, 0.29) is 16.3 Å². The number of halogens is 2. The number of hydrogen-bond donors (Lipinski definition) is 0. The number of nitro groups is 1. The van der Waals surface area contributed by atoms with Crippen LogP contribution in [-0.2, 0) is 0 Å². The Labute approximate surface area is 89.6 Å². The van der Waals surface area contributed by atoms with Crippen molar-refractivity contribution in [2.75, 3.05) is 0 Å². The van der Waals surface area contributed by atoms with Crippen molar-refractivity contribution < 1.29 is 9.72 Å². The van der Waals surface area contributed by atoms with E-state index in [1.165, 1.54) is 13.0 Å². The lowest BCUT2D eigenvalue weighted by atomic mass is 10.1. The minimum Gasteiger partial charge on any atom is -0.276 e. The Kier molecular flexibility index (Phi) is 3.08. The van der Waals surface area contributed by atoms with Gasteiger partial charge in [0.2, 0.25) is 0 Å². The fourth-order valence-electron chi connectivity index (χ4n) is 1.01. The molecule has 0 aromatic heterocycles. The second-order valence-electron chi connectivity index (χ2n) is 2.65. The molecule has 1 rings (SSSR count). The first-order valence-corrected chi connectivity index (χ1v) is 4.33. The van der Waals surface area contributed by atoms with Crippen LogP contribution in [0.3, 0.4) is 0 Å². The molecule has 74 valence electrons. The Morgan fingerprint density at radius 2 is 2.07 bits per heavy atom. The molecule has 1 aromatic carbocycles. The van der Waals surface area contributed by atoms with E-state index in [1.807, 2.05) is 0 Å². The Hall–Kier alpha value is -1.13. The van der Waals surface area contributed by atoms with Gasteiger partial charge < -0.3 is 0 Å². The summed E-state index contributed by atoms with van der Waals surface area (Å²) in [7, 11) is 0. The maximum Gasteiger partial charge on any atom is 0.273 e. The predicted octanol–water partition coefficient (Wildman–Crippen LogP) is 2.94. The standard InChI is InChI=1S/C8H5Cl2NO3/c1-4-2-6(9)5(8(10)12)3-7(4)11(13)14/h2-3H,1H3. The van der Waals surface area contributed by atoms with E-state index in [9.17, 15) is 14.9 Å². The van der Waals surface area contributed by atoms with Crippen LogP contribution in [0.4, 0.5) is 5.69 Å². The summed E-state index contributed by atoms with van der Waals surface area (Å²) in [6.07, 6.45) is 0. The molecule has 0 amide bonds. The maximum absolute atomic E-state index is 10.8. The largest absolute Gasteiger partial charge is 0.276 e. The van der Waals surface area contributed by atoms with Crippen LogP contribution < -0.4 is 0 Å². The van der Waals surface area contributed by atoms with Gasteiger partial charge in [0.1, 0.15) is 0 Å². The molecule has 0 unspecified atom stereocenters. The fourth-order valence-corrected chi connectivity index (χ4v) is 1.52. The molecule has 0 saturated heterocycles. The quantitative estimate of drug-likeness (QED) is 0.449. The molecule has 0 spiro atoms. The average molecular weight is 234 g/mol. The van der Waals surface area contributed by atoms with E-state index in [0.717, 1.165) is 6.07 Å². The first kappa shape index (κ1) is 10.9. The Morgan fingerprint density at radius 3 is 2.50 bits per heavy atom. The zero-order valence-electron chi connectivity index (χ0n) is 7.08. The number of nitrogens with zero attached hydrogens (tertiary/aromatic N) is 1. The lowest BCUT2D eigenvalue weighted by Gasteiger charge is -2.01. The van der Waals surface area contributed by atoms with Gasteiger partial charge in [-0.05, 0) is 24.6 Å². The van der Waals surface area contributed by atoms with Crippen LogP contribution in [0.1, 0.15) is 15.9 Å². The molecule has 0 fully saturated rings. The summed E-state index contributed by atoms with van der Waals surface area (Å²) >= 11 is 10.9. The van der Waals surface area contributed by atoms with Crippen molar-refractivity contribution in [2.45, 2.75) is 6.92 Å². The molecule has 0 bridgehead atoms. The summed E-state index contributed by atoms with van der Waals surface area (Å²) in [5, 5.41) is 9.83. The molecule has 0 heterocycles. The normalized spacial score (nSPS) is 9.93. The zero-order valence-corrected chi connectivity index (χ0v) is 8.59. The molecule has 0 atom stereocenters. The highest BCUT2D eigenvalue weighted by Crippen LogP contribution is 2.27.